The van der Waals surface area contributed by atoms with Gasteiger partial charge in [0, 0.05) is 24.3 Å². The number of benzene rings is 2. The Balaban J connectivity index is 1.47. The molecular weight excluding hydrogens is 294 g/mol. The fraction of sp³-hybridized carbons (Fsp3) is 0.333. The number of hydrogen-bond acceptors (Lipinski definition) is 2. The number of H-pyrrole nitrogens is 1. The SMILES string of the molecule is CN1CCC(NCc2cccc(-c3ccc4[nH]ccc4c3)c2)CC1. The molecule has 124 valence electrons. The number of fused-ring (bicyclic) bond motifs is 1. The number of aromatic nitrogens is 1. The molecule has 1 aliphatic heterocycles. The average molecular weight is 319 g/mol. The van der Waals surface area contributed by atoms with Gasteiger partial charge in [-0.1, -0.05) is 24.3 Å². The van der Waals surface area contributed by atoms with Crippen LogP contribution in [-0.2, 0) is 6.54 Å². The largest absolute Gasteiger partial charge is 0.361 e. The summed E-state index contributed by atoms with van der Waals surface area (Å²) in [6.45, 7) is 3.36. The normalized spacial score (nSPS) is 16.7. The third kappa shape index (κ3) is 3.37. The Morgan fingerprint density at radius 3 is 2.75 bits per heavy atom. The van der Waals surface area contributed by atoms with E-state index >= 15 is 0 Å². The number of hydrogen-bond donors (Lipinski definition) is 2. The van der Waals surface area contributed by atoms with Crippen molar-refractivity contribution in [3.63, 3.8) is 0 Å². The lowest BCUT2D eigenvalue weighted by Crippen LogP contribution is -2.40. The van der Waals surface area contributed by atoms with Crippen molar-refractivity contribution >= 4 is 10.9 Å². The number of nitrogens with zero attached hydrogens (tertiary/aromatic N) is 1. The van der Waals surface area contributed by atoms with Gasteiger partial charge in [-0.25, -0.2) is 0 Å². The molecule has 3 nitrogen and oxygen atoms in total. The minimum atomic E-state index is 0.654. The fourth-order valence-electron chi connectivity index (χ4n) is 3.57. The summed E-state index contributed by atoms with van der Waals surface area (Å²) >= 11 is 0. The van der Waals surface area contributed by atoms with Crippen molar-refractivity contribution in [3.8, 4) is 11.1 Å². The summed E-state index contributed by atoms with van der Waals surface area (Å²) in [6, 6.07) is 18.3. The molecule has 0 saturated carbocycles. The molecule has 0 amide bonds. The molecule has 0 aliphatic carbocycles. The maximum absolute atomic E-state index is 3.73. The molecule has 1 saturated heterocycles. The number of piperidine rings is 1. The first-order valence-electron chi connectivity index (χ1n) is 8.86. The van der Waals surface area contributed by atoms with E-state index in [1.807, 2.05) is 6.20 Å². The van der Waals surface area contributed by atoms with E-state index in [2.05, 4.69) is 70.8 Å². The lowest BCUT2D eigenvalue weighted by Gasteiger charge is -2.29. The van der Waals surface area contributed by atoms with Crippen molar-refractivity contribution in [2.24, 2.45) is 0 Å². The summed E-state index contributed by atoms with van der Waals surface area (Å²) < 4.78 is 0. The lowest BCUT2D eigenvalue weighted by atomic mass is 10.0. The monoisotopic (exact) mass is 319 g/mol. The van der Waals surface area contributed by atoms with Gasteiger partial charge >= 0.3 is 0 Å². The van der Waals surface area contributed by atoms with Crippen LogP contribution >= 0.6 is 0 Å². The van der Waals surface area contributed by atoms with Crippen molar-refractivity contribution in [3.05, 3.63) is 60.3 Å². The zero-order valence-electron chi connectivity index (χ0n) is 14.3. The highest BCUT2D eigenvalue weighted by Crippen LogP contribution is 2.24. The fourth-order valence-corrected chi connectivity index (χ4v) is 3.57. The molecule has 0 radical (unpaired) electrons. The highest BCUT2D eigenvalue weighted by Gasteiger charge is 2.15. The number of aromatic amines is 1. The van der Waals surface area contributed by atoms with Gasteiger partial charge in [0.1, 0.15) is 0 Å². The van der Waals surface area contributed by atoms with Crippen LogP contribution in [0.15, 0.2) is 54.7 Å². The van der Waals surface area contributed by atoms with E-state index in [1.54, 1.807) is 0 Å². The van der Waals surface area contributed by atoms with Gasteiger partial charge < -0.3 is 15.2 Å². The van der Waals surface area contributed by atoms with E-state index in [1.165, 1.54) is 53.5 Å². The zero-order chi connectivity index (χ0) is 16.4. The molecule has 2 aromatic carbocycles. The third-order valence-electron chi connectivity index (χ3n) is 5.13. The quantitative estimate of drug-likeness (QED) is 0.761. The average Bonchev–Trinajstić information content (AvgIpc) is 3.09. The van der Waals surface area contributed by atoms with Crippen molar-refractivity contribution < 1.29 is 0 Å². The minimum Gasteiger partial charge on any atom is -0.361 e. The maximum Gasteiger partial charge on any atom is 0.0454 e. The summed E-state index contributed by atoms with van der Waals surface area (Å²) in [5.41, 5.74) is 5.13. The molecule has 24 heavy (non-hydrogen) atoms. The van der Waals surface area contributed by atoms with E-state index in [0.29, 0.717) is 6.04 Å². The van der Waals surface area contributed by atoms with Crippen LogP contribution in [0.5, 0.6) is 0 Å². The number of likely N-dealkylation sites (tertiary alicyclic amines) is 1. The second-order valence-electron chi connectivity index (χ2n) is 6.94. The number of nitrogens with one attached hydrogen (secondary N) is 2. The number of rotatable bonds is 4. The Kier molecular flexibility index (Phi) is 4.37. The first-order valence-corrected chi connectivity index (χ1v) is 8.86. The Hall–Kier alpha value is -2.10. The van der Waals surface area contributed by atoms with Gasteiger partial charge in [-0.2, -0.15) is 0 Å². The van der Waals surface area contributed by atoms with E-state index in [9.17, 15) is 0 Å². The maximum atomic E-state index is 3.73. The molecule has 0 bridgehead atoms. The Morgan fingerprint density at radius 2 is 1.88 bits per heavy atom. The van der Waals surface area contributed by atoms with Crippen LogP contribution in [0, 0.1) is 0 Å². The molecule has 1 fully saturated rings. The lowest BCUT2D eigenvalue weighted by molar-refractivity contribution is 0.234. The molecule has 1 aromatic heterocycles. The molecule has 2 N–H and O–H groups in total. The van der Waals surface area contributed by atoms with Crippen LogP contribution in [0.1, 0.15) is 18.4 Å². The van der Waals surface area contributed by atoms with Crippen LogP contribution in [0.2, 0.25) is 0 Å². The van der Waals surface area contributed by atoms with Gasteiger partial charge in [0.2, 0.25) is 0 Å². The van der Waals surface area contributed by atoms with Crippen molar-refractivity contribution in [2.75, 3.05) is 20.1 Å². The minimum absolute atomic E-state index is 0.654. The van der Waals surface area contributed by atoms with Gasteiger partial charge in [0.05, 0.1) is 0 Å². The van der Waals surface area contributed by atoms with Crippen LogP contribution < -0.4 is 5.32 Å². The first-order chi connectivity index (χ1) is 11.8. The molecule has 3 heteroatoms. The molecule has 0 unspecified atom stereocenters. The topological polar surface area (TPSA) is 31.1 Å². The van der Waals surface area contributed by atoms with E-state index in [4.69, 9.17) is 0 Å². The van der Waals surface area contributed by atoms with Crippen LogP contribution in [-0.4, -0.2) is 36.1 Å². The van der Waals surface area contributed by atoms with Gasteiger partial charge in [-0.3, -0.25) is 0 Å². The molecule has 0 atom stereocenters. The second kappa shape index (κ2) is 6.80. The van der Waals surface area contributed by atoms with E-state index in [0.717, 1.165) is 6.54 Å². The van der Waals surface area contributed by atoms with Crippen LogP contribution in [0.25, 0.3) is 22.0 Å². The smallest absolute Gasteiger partial charge is 0.0454 e. The molecule has 2 heterocycles. The molecule has 4 rings (SSSR count). The molecule has 0 spiro atoms. The van der Waals surface area contributed by atoms with Crippen molar-refractivity contribution in [2.45, 2.75) is 25.4 Å². The zero-order valence-corrected chi connectivity index (χ0v) is 14.3. The molecule has 1 aliphatic rings. The van der Waals surface area contributed by atoms with Gasteiger partial charge in [-0.05, 0) is 79.3 Å². The summed E-state index contributed by atoms with van der Waals surface area (Å²) in [5, 5.41) is 5.00. The van der Waals surface area contributed by atoms with Crippen LogP contribution in [0.3, 0.4) is 0 Å². The third-order valence-corrected chi connectivity index (χ3v) is 5.13. The summed E-state index contributed by atoms with van der Waals surface area (Å²) in [4.78, 5) is 5.67. The van der Waals surface area contributed by atoms with Crippen LogP contribution in [0.4, 0.5) is 0 Å². The van der Waals surface area contributed by atoms with Crippen molar-refractivity contribution in [1.82, 2.24) is 15.2 Å². The Morgan fingerprint density at radius 1 is 1.04 bits per heavy atom. The predicted octanol–water partition coefficient (Wildman–Crippen LogP) is 4.02. The standard InChI is InChI=1S/C21H25N3/c1-24-11-8-20(9-12-24)23-15-16-3-2-4-17(13-16)18-5-6-21-19(14-18)7-10-22-21/h2-7,10,13-14,20,22-23H,8-9,11-12,15H2,1H3. The summed E-state index contributed by atoms with van der Waals surface area (Å²) in [6.07, 6.45) is 4.50. The molecule has 3 aromatic rings. The molecular formula is C21H25N3. The highest BCUT2D eigenvalue weighted by molar-refractivity contribution is 5.85. The van der Waals surface area contributed by atoms with Gasteiger partial charge in [0.25, 0.3) is 0 Å². The van der Waals surface area contributed by atoms with E-state index in [-0.39, 0.29) is 0 Å². The first kappa shape index (κ1) is 15.4. The van der Waals surface area contributed by atoms with E-state index < -0.39 is 0 Å². The van der Waals surface area contributed by atoms with Gasteiger partial charge in [0.15, 0.2) is 0 Å². The Bertz CT molecular complexity index is 813. The highest BCUT2D eigenvalue weighted by atomic mass is 15.1. The second-order valence-corrected chi connectivity index (χ2v) is 6.94. The summed E-state index contributed by atoms with van der Waals surface area (Å²) in [5.74, 6) is 0. The Labute approximate surface area is 143 Å². The van der Waals surface area contributed by atoms with Crippen molar-refractivity contribution in [1.29, 1.82) is 0 Å². The van der Waals surface area contributed by atoms with Gasteiger partial charge in [-0.15, -0.1) is 0 Å². The summed E-state index contributed by atoms with van der Waals surface area (Å²) in [7, 11) is 2.21. The predicted molar refractivity (Wildman–Crippen MR) is 101 cm³/mol.